The lowest BCUT2D eigenvalue weighted by Crippen LogP contribution is -2.22. The maximum Gasteiger partial charge on any atom is 0.131 e. The fourth-order valence-electron chi connectivity index (χ4n) is 3.35. The van der Waals surface area contributed by atoms with Gasteiger partial charge in [-0.15, -0.1) is 0 Å². The summed E-state index contributed by atoms with van der Waals surface area (Å²) in [5.41, 5.74) is 2.83. The van der Waals surface area contributed by atoms with Crippen molar-refractivity contribution in [1.82, 2.24) is 9.97 Å². The standard InChI is InChI=1S/C19H24N4O/c1-24-17-8-5-13-3-2-4-16(9-14(13)10-17)23-19-11-18(20-12-21-19)22-15-6-7-15/h5,8,10-12,15-16H,2-4,6-7,9H2,1H3,(H2,20,21,22,23). The van der Waals surface area contributed by atoms with E-state index in [-0.39, 0.29) is 0 Å². The second kappa shape index (κ2) is 6.67. The van der Waals surface area contributed by atoms with Crippen LogP contribution in [0.2, 0.25) is 0 Å². The number of benzene rings is 1. The van der Waals surface area contributed by atoms with Crippen molar-refractivity contribution >= 4 is 11.6 Å². The fraction of sp³-hybridized carbons (Fsp3) is 0.474. The van der Waals surface area contributed by atoms with E-state index in [0.29, 0.717) is 12.1 Å². The van der Waals surface area contributed by atoms with Gasteiger partial charge in [0.05, 0.1) is 7.11 Å². The molecule has 1 fully saturated rings. The van der Waals surface area contributed by atoms with Crippen LogP contribution in [0.5, 0.6) is 5.75 Å². The zero-order valence-corrected chi connectivity index (χ0v) is 14.1. The van der Waals surface area contributed by atoms with E-state index in [1.165, 1.54) is 30.4 Å². The van der Waals surface area contributed by atoms with Crippen LogP contribution in [0.15, 0.2) is 30.6 Å². The van der Waals surface area contributed by atoms with Crippen LogP contribution in [-0.2, 0) is 12.8 Å². The highest BCUT2D eigenvalue weighted by Crippen LogP contribution is 2.27. The molecule has 5 nitrogen and oxygen atoms in total. The SMILES string of the molecule is COc1ccc2c(c1)CC(Nc1cc(NC3CC3)ncn1)CCC2. The molecule has 126 valence electrons. The van der Waals surface area contributed by atoms with Crippen molar-refractivity contribution in [3.05, 3.63) is 41.7 Å². The van der Waals surface area contributed by atoms with E-state index in [1.54, 1.807) is 13.4 Å². The first-order valence-corrected chi connectivity index (χ1v) is 8.81. The molecule has 2 aliphatic rings. The fourth-order valence-corrected chi connectivity index (χ4v) is 3.35. The molecule has 1 aromatic carbocycles. The molecule has 1 heterocycles. The van der Waals surface area contributed by atoms with Crippen LogP contribution in [0.4, 0.5) is 11.6 Å². The van der Waals surface area contributed by atoms with Gasteiger partial charge in [-0.25, -0.2) is 9.97 Å². The molecule has 24 heavy (non-hydrogen) atoms. The molecule has 0 spiro atoms. The first kappa shape index (κ1) is 15.2. The first-order valence-electron chi connectivity index (χ1n) is 8.81. The van der Waals surface area contributed by atoms with Gasteiger partial charge >= 0.3 is 0 Å². The molecule has 0 bridgehead atoms. The van der Waals surface area contributed by atoms with E-state index >= 15 is 0 Å². The van der Waals surface area contributed by atoms with Gasteiger partial charge in [-0.05, 0) is 61.8 Å². The van der Waals surface area contributed by atoms with Crippen LogP contribution >= 0.6 is 0 Å². The highest BCUT2D eigenvalue weighted by molar-refractivity contribution is 5.48. The number of fused-ring (bicyclic) bond motifs is 1. The van der Waals surface area contributed by atoms with E-state index in [9.17, 15) is 0 Å². The summed E-state index contributed by atoms with van der Waals surface area (Å²) >= 11 is 0. The number of hydrogen-bond acceptors (Lipinski definition) is 5. The van der Waals surface area contributed by atoms with E-state index in [1.807, 2.05) is 6.07 Å². The number of methoxy groups -OCH3 is 1. The van der Waals surface area contributed by atoms with E-state index in [2.05, 4.69) is 38.8 Å². The van der Waals surface area contributed by atoms with Crippen molar-refractivity contribution in [2.75, 3.05) is 17.7 Å². The number of nitrogens with one attached hydrogen (secondary N) is 2. The van der Waals surface area contributed by atoms with Crippen LogP contribution in [-0.4, -0.2) is 29.2 Å². The molecule has 0 radical (unpaired) electrons. The number of aryl methyl sites for hydroxylation is 1. The summed E-state index contributed by atoms with van der Waals surface area (Å²) in [5, 5.41) is 7.03. The van der Waals surface area contributed by atoms with Gasteiger partial charge in [0.2, 0.25) is 0 Å². The second-order valence-electron chi connectivity index (χ2n) is 6.78. The lowest BCUT2D eigenvalue weighted by Gasteiger charge is -2.18. The third-order valence-electron chi connectivity index (χ3n) is 4.83. The second-order valence-corrected chi connectivity index (χ2v) is 6.78. The van der Waals surface area contributed by atoms with Gasteiger partial charge in [0, 0.05) is 18.2 Å². The predicted molar refractivity (Wildman–Crippen MR) is 95.7 cm³/mol. The van der Waals surface area contributed by atoms with Crippen LogP contribution < -0.4 is 15.4 Å². The Balaban J connectivity index is 1.47. The van der Waals surface area contributed by atoms with Gasteiger partial charge in [-0.1, -0.05) is 6.07 Å². The maximum absolute atomic E-state index is 5.38. The third kappa shape index (κ3) is 3.61. The Morgan fingerprint density at radius 1 is 0.958 bits per heavy atom. The van der Waals surface area contributed by atoms with Gasteiger partial charge < -0.3 is 15.4 Å². The van der Waals surface area contributed by atoms with Gasteiger partial charge in [-0.3, -0.25) is 0 Å². The molecule has 0 aliphatic heterocycles. The van der Waals surface area contributed by atoms with E-state index in [4.69, 9.17) is 4.74 Å². The summed E-state index contributed by atoms with van der Waals surface area (Å²) in [7, 11) is 1.73. The summed E-state index contributed by atoms with van der Waals surface area (Å²) < 4.78 is 5.38. The average Bonchev–Trinajstić information content (AvgIpc) is 3.41. The molecule has 0 amide bonds. The Bertz CT molecular complexity index is 714. The summed E-state index contributed by atoms with van der Waals surface area (Å²) in [6.45, 7) is 0. The molecule has 5 heteroatoms. The number of nitrogens with zero attached hydrogens (tertiary/aromatic N) is 2. The Kier molecular flexibility index (Phi) is 4.24. The van der Waals surface area contributed by atoms with Gasteiger partial charge in [0.25, 0.3) is 0 Å². The summed E-state index contributed by atoms with van der Waals surface area (Å²) in [6.07, 6.45) is 8.60. The van der Waals surface area contributed by atoms with Crippen LogP contribution in [0.3, 0.4) is 0 Å². The topological polar surface area (TPSA) is 59.1 Å². The largest absolute Gasteiger partial charge is 0.497 e. The number of rotatable bonds is 5. The number of anilines is 2. The van der Waals surface area contributed by atoms with Crippen LogP contribution in [0, 0.1) is 0 Å². The molecule has 2 aliphatic carbocycles. The quantitative estimate of drug-likeness (QED) is 0.825. The molecule has 2 aromatic rings. The minimum atomic E-state index is 0.391. The van der Waals surface area contributed by atoms with Crippen LogP contribution in [0.25, 0.3) is 0 Å². The molecule has 1 aromatic heterocycles. The highest BCUT2D eigenvalue weighted by atomic mass is 16.5. The van der Waals surface area contributed by atoms with Crippen molar-refractivity contribution in [3.63, 3.8) is 0 Å². The normalized spacial score (nSPS) is 20.0. The zero-order valence-electron chi connectivity index (χ0n) is 14.1. The number of ether oxygens (including phenoxy) is 1. The first-order chi connectivity index (χ1) is 11.8. The Morgan fingerprint density at radius 3 is 2.50 bits per heavy atom. The van der Waals surface area contributed by atoms with Crippen molar-refractivity contribution in [3.8, 4) is 5.75 Å². The number of hydrogen-bond donors (Lipinski definition) is 2. The average molecular weight is 324 g/mol. The monoisotopic (exact) mass is 324 g/mol. The molecule has 1 unspecified atom stereocenters. The van der Waals surface area contributed by atoms with Crippen molar-refractivity contribution in [2.24, 2.45) is 0 Å². The van der Waals surface area contributed by atoms with Gasteiger partial charge in [-0.2, -0.15) is 0 Å². The van der Waals surface area contributed by atoms with Crippen molar-refractivity contribution in [2.45, 2.75) is 50.6 Å². The Morgan fingerprint density at radius 2 is 1.75 bits per heavy atom. The Hall–Kier alpha value is -2.30. The summed E-state index contributed by atoms with van der Waals surface area (Å²) in [4.78, 5) is 8.71. The van der Waals surface area contributed by atoms with Gasteiger partial charge in [0.15, 0.2) is 0 Å². The van der Waals surface area contributed by atoms with E-state index < -0.39 is 0 Å². The molecular weight excluding hydrogens is 300 g/mol. The molecule has 1 saturated carbocycles. The molecule has 1 atom stereocenters. The minimum Gasteiger partial charge on any atom is -0.497 e. The zero-order chi connectivity index (χ0) is 16.4. The molecular formula is C19H24N4O. The maximum atomic E-state index is 5.38. The van der Waals surface area contributed by atoms with E-state index in [0.717, 1.165) is 36.6 Å². The minimum absolute atomic E-state index is 0.391. The summed E-state index contributed by atoms with van der Waals surface area (Å²) in [6, 6.07) is 9.46. The highest BCUT2D eigenvalue weighted by Gasteiger charge is 2.22. The molecule has 2 N–H and O–H groups in total. The van der Waals surface area contributed by atoms with Crippen molar-refractivity contribution in [1.29, 1.82) is 0 Å². The smallest absolute Gasteiger partial charge is 0.131 e. The van der Waals surface area contributed by atoms with Gasteiger partial charge in [0.1, 0.15) is 23.7 Å². The lowest BCUT2D eigenvalue weighted by atomic mass is 10.0. The van der Waals surface area contributed by atoms with Crippen LogP contribution in [0.1, 0.15) is 36.8 Å². The molecule has 0 saturated heterocycles. The summed E-state index contributed by atoms with van der Waals surface area (Å²) in [5.74, 6) is 2.77. The lowest BCUT2D eigenvalue weighted by molar-refractivity contribution is 0.414. The third-order valence-corrected chi connectivity index (χ3v) is 4.83. The Labute approximate surface area is 142 Å². The predicted octanol–water partition coefficient (Wildman–Crippen LogP) is 3.42. The molecule has 4 rings (SSSR count). The van der Waals surface area contributed by atoms with Crippen molar-refractivity contribution < 1.29 is 4.74 Å². The number of aromatic nitrogens is 2.